The summed E-state index contributed by atoms with van der Waals surface area (Å²) in [7, 11) is -2.87. The molecular weight excluding hydrogens is 422 g/mol. The molecule has 0 unspecified atom stereocenters. The normalized spacial score (nSPS) is 11.7. The van der Waals surface area contributed by atoms with E-state index in [9.17, 15) is 23.1 Å². The maximum atomic E-state index is 11.7. The van der Waals surface area contributed by atoms with E-state index in [1.165, 1.54) is 10.6 Å². The molecule has 2 aromatic carbocycles. The first kappa shape index (κ1) is 22.2. The Bertz CT molecular complexity index is 1250. The monoisotopic (exact) mass is 443 g/mol. The third kappa shape index (κ3) is 5.16. The molecule has 0 aliphatic carbocycles. The lowest BCUT2D eigenvalue weighted by Gasteiger charge is -2.09. The van der Waals surface area contributed by atoms with Gasteiger partial charge < -0.3 is 14.9 Å². The number of nitrogens with zero attached hydrogens (tertiary/aromatic N) is 3. The van der Waals surface area contributed by atoms with Crippen LogP contribution in [0.5, 0.6) is 5.75 Å². The highest BCUT2D eigenvalue weighted by Crippen LogP contribution is 2.23. The van der Waals surface area contributed by atoms with E-state index in [0.717, 1.165) is 17.3 Å². The zero-order chi connectivity index (χ0) is 22.6. The maximum Gasteiger partial charge on any atom is 0.343 e. The second kappa shape index (κ2) is 9.11. The Morgan fingerprint density at radius 1 is 1.23 bits per heavy atom. The summed E-state index contributed by atoms with van der Waals surface area (Å²) in [4.78, 5) is 14.8. The predicted molar refractivity (Wildman–Crippen MR) is 116 cm³/mol. The Balaban J connectivity index is 1.95. The Morgan fingerprint density at radius 3 is 2.65 bits per heavy atom. The molecule has 10 heteroatoms. The van der Waals surface area contributed by atoms with Crippen molar-refractivity contribution in [2.24, 2.45) is 0 Å². The molecule has 0 bridgehead atoms. The number of hydrogen-bond acceptors (Lipinski definition) is 6. The second-order valence-electron chi connectivity index (χ2n) is 6.79. The van der Waals surface area contributed by atoms with Crippen LogP contribution in [0, 0.1) is 17.0 Å². The number of para-hydroxylation sites is 1. The van der Waals surface area contributed by atoms with Crippen LogP contribution in [0.4, 0.5) is 5.82 Å². The zero-order valence-corrected chi connectivity index (χ0v) is 17.7. The van der Waals surface area contributed by atoms with Gasteiger partial charge in [-0.25, -0.2) is 9.55 Å². The first-order valence-corrected chi connectivity index (χ1v) is 10.7. The highest BCUT2D eigenvalue weighted by molar-refractivity contribution is 7.85. The lowest BCUT2D eigenvalue weighted by molar-refractivity contribution is -0.392. The van der Waals surface area contributed by atoms with Crippen molar-refractivity contribution >= 4 is 28.1 Å². The minimum atomic E-state index is -4.42. The van der Waals surface area contributed by atoms with Crippen LogP contribution in [0.1, 0.15) is 22.5 Å². The van der Waals surface area contributed by atoms with Crippen LogP contribution in [0.3, 0.4) is 0 Å². The number of aryl methyl sites for hydroxylation is 2. The van der Waals surface area contributed by atoms with Gasteiger partial charge in [0, 0.05) is 18.1 Å². The van der Waals surface area contributed by atoms with E-state index < -0.39 is 15.0 Å². The molecular formula is C21H21N3O6S. The number of hydrogen-bond donors (Lipinski definition) is 1. The molecule has 1 heterocycles. The molecule has 0 saturated heterocycles. The number of imidazole rings is 1. The SMILES string of the molecule is COc1ccccc1/C=C\c1ncc([N+](=O)[O-])n1CCc1cc(C)ccc1S(=O)(=O)O. The van der Waals surface area contributed by atoms with Crippen molar-refractivity contribution in [1.82, 2.24) is 9.55 Å². The molecule has 1 N–H and O–H groups in total. The first-order chi connectivity index (χ1) is 14.7. The van der Waals surface area contributed by atoms with Crippen molar-refractivity contribution in [3.63, 3.8) is 0 Å². The van der Waals surface area contributed by atoms with Crippen LogP contribution < -0.4 is 4.74 Å². The summed E-state index contributed by atoms with van der Waals surface area (Å²) in [5.41, 5.74) is 1.94. The molecule has 0 amide bonds. The molecule has 3 aromatic rings. The molecule has 31 heavy (non-hydrogen) atoms. The summed E-state index contributed by atoms with van der Waals surface area (Å²) in [5.74, 6) is 0.753. The van der Waals surface area contributed by atoms with E-state index in [-0.39, 0.29) is 23.7 Å². The van der Waals surface area contributed by atoms with Crippen LogP contribution >= 0.6 is 0 Å². The lowest BCUT2D eigenvalue weighted by atomic mass is 10.1. The Kier molecular flexibility index (Phi) is 6.52. The van der Waals surface area contributed by atoms with Gasteiger partial charge in [-0.05, 0) is 35.6 Å². The summed E-state index contributed by atoms with van der Waals surface area (Å²) in [6, 6.07) is 11.8. The fourth-order valence-corrected chi connectivity index (χ4v) is 3.98. The average Bonchev–Trinajstić information content (AvgIpc) is 3.13. The lowest BCUT2D eigenvalue weighted by Crippen LogP contribution is -2.10. The Labute approximate surface area is 179 Å². The molecule has 3 rings (SSSR count). The van der Waals surface area contributed by atoms with E-state index in [0.29, 0.717) is 17.1 Å². The molecule has 9 nitrogen and oxygen atoms in total. The van der Waals surface area contributed by atoms with E-state index in [4.69, 9.17) is 4.74 Å². The molecule has 162 valence electrons. The number of rotatable bonds is 8. The second-order valence-corrected chi connectivity index (χ2v) is 8.18. The van der Waals surface area contributed by atoms with Crippen molar-refractivity contribution in [3.05, 3.63) is 81.3 Å². The first-order valence-electron chi connectivity index (χ1n) is 9.28. The Morgan fingerprint density at radius 2 is 1.97 bits per heavy atom. The van der Waals surface area contributed by atoms with Crippen molar-refractivity contribution < 1.29 is 22.6 Å². The topological polar surface area (TPSA) is 125 Å². The minimum Gasteiger partial charge on any atom is -0.496 e. The molecule has 0 aliphatic heterocycles. The molecule has 0 saturated carbocycles. The minimum absolute atomic E-state index is 0.0912. The number of nitro groups is 1. The number of methoxy groups -OCH3 is 1. The standard InChI is InChI=1S/C21H21N3O6S/c1-15-7-9-19(31(27,28)29)17(13-15)11-12-23-20(22-14-21(23)24(25)26)10-8-16-5-3-4-6-18(16)30-2/h3-10,13-14H,11-12H2,1-2H3,(H,27,28,29)/b10-8-. The number of benzene rings is 2. The summed E-state index contributed by atoms with van der Waals surface area (Å²) in [5, 5.41) is 11.5. The smallest absolute Gasteiger partial charge is 0.343 e. The maximum absolute atomic E-state index is 11.7. The van der Waals surface area contributed by atoms with Crippen molar-refractivity contribution in [1.29, 1.82) is 0 Å². The van der Waals surface area contributed by atoms with Crippen LogP contribution in [-0.4, -0.2) is 34.6 Å². The van der Waals surface area contributed by atoms with E-state index in [2.05, 4.69) is 4.98 Å². The van der Waals surface area contributed by atoms with Gasteiger partial charge in [-0.1, -0.05) is 35.9 Å². The van der Waals surface area contributed by atoms with Crippen LogP contribution in [0.25, 0.3) is 12.2 Å². The summed E-state index contributed by atoms with van der Waals surface area (Å²) < 4.78 is 39.6. The van der Waals surface area contributed by atoms with Crippen LogP contribution in [0.15, 0.2) is 53.6 Å². The number of aromatic nitrogens is 2. The molecule has 0 radical (unpaired) electrons. The van der Waals surface area contributed by atoms with Gasteiger partial charge in [0.1, 0.15) is 11.9 Å². The van der Waals surface area contributed by atoms with Crippen molar-refractivity contribution in [3.8, 4) is 5.75 Å². The number of ether oxygens (including phenoxy) is 1. The van der Waals surface area contributed by atoms with Gasteiger partial charge in [-0.3, -0.25) is 4.55 Å². The predicted octanol–water partition coefficient (Wildman–Crippen LogP) is 3.77. The van der Waals surface area contributed by atoms with Gasteiger partial charge in [-0.15, -0.1) is 0 Å². The fourth-order valence-electron chi connectivity index (χ4n) is 3.24. The van der Waals surface area contributed by atoms with E-state index in [1.807, 2.05) is 18.2 Å². The third-order valence-corrected chi connectivity index (χ3v) is 5.66. The molecule has 0 aliphatic rings. The fraction of sp³-hybridized carbons (Fsp3) is 0.190. The van der Waals surface area contributed by atoms with Crippen molar-refractivity contribution in [2.75, 3.05) is 7.11 Å². The van der Waals surface area contributed by atoms with Gasteiger partial charge in [-0.2, -0.15) is 8.42 Å². The summed E-state index contributed by atoms with van der Waals surface area (Å²) in [6.07, 6.45) is 4.66. The highest BCUT2D eigenvalue weighted by Gasteiger charge is 2.21. The molecule has 0 spiro atoms. The summed E-state index contributed by atoms with van der Waals surface area (Å²) >= 11 is 0. The molecule has 0 fully saturated rings. The third-order valence-electron chi connectivity index (χ3n) is 4.70. The van der Waals surface area contributed by atoms with Gasteiger partial charge >= 0.3 is 5.82 Å². The highest BCUT2D eigenvalue weighted by atomic mass is 32.2. The van der Waals surface area contributed by atoms with Gasteiger partial charge in [0.05, 0.1) is 18.6 Å². The Hall–Kier alpha value is -3.50. The molecule has 1 aromatic heterocycles. The van der Waals surface area contributed by atoms with Gasteiger partial charge in [0.2, 0.25) is 5.82 Å². The largest absolute Gasteiger partial charge is 0.496 e. The van der Waals surface area contributed by atoms with E-state index >= 15 is 0 Å². The van der Waals surface area contributed by atoms with Gasteiger partial charge in [0.25, 0.3) is 10.1 Å². The summed E-state index contributed by atoms with van der Waals surface area (Å²) in [6.45, 7) is 1.88. The van der Waals surface area contributed by atoms with Gasteiger partial charge in [0.15, 0.2) is 0 Å². The van der Waals surface area contributed by atoms with Crippen LogP contribution in [0.2, 0.25) is 0 Å². The zero-order valence-electron chi connectivity index (χ0n) is 16.9. The quantitative estimate of drug-likeness (QED) is 0.319. The van der Waals surface area contributed by atoms with Crippen molar-refractivity contribution in [2.45, 2.75) is 24.8 Å². The molecule has 0 atom stereocenters. The van der Waals surface area contributed by atoms with E-state index in [1.54, 1.807) is 44.4 Å². The average molecular weight is 443 g/mol. The van der Waals surface area contributed by atoms with Crippen LogP contribution in [-0.2, 0) is 23.1 Å².